The predicted octanol–water partition coefficient (Wildman–Crippen LogP) is 3.31. The lowest BCUT2D eigenvalue weighted by Gasteiger charge is -2.28. The molecular weight excluding hydrogens is 752 g/mol. The van der Waals surface area contributed by atoms with Crippen LogP contribution in [0, 0.1) is 5.92 Å². The number of para-hydroxylation sites is 1. The molecule has 2 fully saturated rings. The summed E-state index contributed by atoms with van der Waals surface area (Å²) in [4.78, 5) is 16.9. The number of nitrogens with one attached hydrogen (secondary N) is 2. The number of rotatable bonds is 22. The first-order valence-corrected chi connectivity index (χ1v) is 20.5. The van der Waals surface area contributed by atoms with Gasteiger partial charge in [-0.15, -0.1) is 0 Å². The molecule has 0 saturated heterocycles. The lowest BCUT2D eigenvalue weighted by Crippen LogP contribution is -2.56. The van der Waals surface area contributed by atoms with Gasteiger partial charge in [-0.2, -0.15) is 4.31 Å². The maximum atomic E-state index is 14.0. The number of nitrogens with zero attached hydrogens (tertiary/aromatic N) is 2. The molecule has 0 radical (unpaired) electrons. The molecule has 1 unspecified atom stereocenters. The molecule has 1 heterocycles. The summed E-state index contributed by atoms with van der Waals surface area (Å²) in [6.45, 7) is 2.99. The van der Waals surface area contributed by atoms with Gasteiger partial charge in [-0.1, -0.05) is 43.6 Å². The van der Waals surface area contributed by atoms with Crippen LogP contribution in [0.15, 0.2) is 65.8 Å². The lowest BCUT2D eigenvalue weighted by molar-refractivity contribution is -0.0902. The Hall–Kier alpha value is -3.38. The van der Waals surface area contributed by atoms with E-state index >= 15 is 0 Å². The van der Waals surface area contributed by atoms with Crippen molar-refractivity contribution in [3.63, 3.8) is 0 Å². The molecule has 1 aromatic heterocycles. The van der Waals surface area contributed by atoms with Gasteiger partial charge in [0.15, 0.2) is 0 Å². The van der Waals surface area contributed by atoms with Crippen molar-refractivity contribution in [3.8, 4) is 16.9 Å². The van der Waals surface area contributed by atoms with Crippen LogP contribution in [0.25, 0.3) is 11.1 Å². The molecular formula is C39H53ClN4O10S. The van der Waals surface area contributed by atoms with Gasteiger partial charge in [0.1, 0.15) is 24.1 Å². The molecule has 2 aliphatic rings. The van der Waals surface area contributed by atoms with Gasteiger partial charge in [-0.3, -0.25) is 4.98 Å². The quantitative estimate of drug-likeness (QED) is 0.0733. The summed E-state index contributed by atoms with van der Waals surface area (Å²) in [7, 11) is -3.95. The van der Waals surface area contributed by atoms with Crippen LogP contribution in [0.3, 0.4) is 0 Å². The molecule has 2 saturated carbocycles. The summed E-state index contributed by atoms with van der Waals surface area (Å²) in [5, 5.41) is 53.5. The second kappa shape index (κ2) is 19.2. The average Bonchev–Trinajstić information content (AvgIpc) is 4.13. The number of amides is 2. The van der Waals surface area contributed by atoms with Crippen molar-refractivity contribution in [1.82, 2.24) is 19.9 Å². The minimum atomic E-state index is -3.95. The number of hydrogen-bond donors (Lipinski definition) is 7. The standard InChI is InChI=1S/C39H53ClN4O10S/c1-25(2)21-44(18-6-5-16-42-38(50)43-33(22-45)36(48)37(49)34(47)23-46)55(51,52)28-11-12-32(40)26(19-28)24-53-39(14-15-39)31-20-41-17-13-29(31)30-7-3-4-8-35(30)54-27-9-10-27/h3-4,7-8,11-13,17,19-20,25,27,33-34,36-37,45-49H,5-6,9-10,14-16,18,21-24H2,1-2H3,(H2,42,43,50)/t33-,34?,36+,37+/m0/s1. The summed E-state index contributed by atoms with van der Waals surface area (Å²) >= 11 is 6.63. The van der Waals surface area contributed by atoms with Crippen molar-refractivity contribution < 1.29 is 48.2 Å². The fourth-order valence-electron chi connectivity index (χ4n) is 6.31. The molecule has 5 rings (SSSR count). The smallest absolute Gasteiger partial charge is 0.315 e. The zero-order valence-corrected chi connectivity index (χ0v) is 32.8. The largest absolute Gasteiger partial charge is 0.490 e. The SMILES string of the molecule is CC(C)CN(CCCCNC(=O)N[C@@H](CO)[C@@H](O)[C@H](O)C(O)CO)S(=O)(=O)c1ccc(Cl)c(COC2(c3cnccc3-c3ccccc3OC3CC3)CC2)c1. The van der Waals surface area contributed by atoms with E-state index in [0.717, 1.165) is 48.1 Å². The van der Waals surface area contributed by atoms with E-state index in [9.17, 15) is 33.6 Å². The first kappa shape index (κ1) is 42.8. The normalized spacial score (nSPS) is 17.4. The van der Waals surface area contributed by atoms with Crippen molar-refractivity contribution >= 4 is 27.7 Å². The van der Waals surface area contributed by atoms with E-state index in [4.69, 9.17) is 26.2 Å². The van der Waals surface area contributed by atoms with E-state index in [1.54, 1.807) is 18.3 Å². The highest BCUT2D eigenvalue weighted by molar-refractivity contribution is 7.89. The molecule has 302 valence electrons. The number of pyridine rings is 1. The van der Waals surface area contributed by atoms with Gasteiger partial charge in [-0.25, -0.2) is 13.2 Å². The van der Waals surface area contributed by atoms with Gasteiger partial charge in [0, 0.05) is 48.2 Å². The van der Waals surface area contributed by atoms with Crippen molar-refractivity contribution in [1.29, 1.82) is 0 Å². The van der Waals surface area contributed by atoms with Gasteiger partial charge in [0.2, 0.25) is 10.0 Å². The zero-order valence-electron chi connectivity index (χ0n) is 31.2. The number of sulfonamides is 1. The molecule has 16 heteroatoms. The van der Waals surface area contributed by atoms with Crippen LogP contribution in [0.4, 0.5) is 4.79 Å². The fourth-order valence-corrected chi connectivity index (χ4v) is 8.17. The number of carbonyl (C=O) groups is 1. The first-order chi connectivity index (χ1) is 26.3. The number of ether oxygens (including phenoxy) is 2. The zero-order chi connectivity index (χ0) is 39.8. The number of carbonyl (C=O) groups excluding carboxylic acids is 1. The van der Waals surface area contributed by atoms with Gasteiger partial charge in [0.25, 0.3) is 0 Å². The highest BCUT2D eigenvalue weighted by Crippen LogP contribution is 2.53. The second-order valence-corrected chi connectivity index (χ2v) is 17.0. The van der Waals surface area contributed by atoms with Crippen LogP contribution in [0.5, 0.6) is 5.75 Å². The molecule has 55 heavy (non-hydrogen) atoms. The number of halogens is 1. The third kappa shape index (κ3) is 11.1. The molecule has 3 aromatic rings. The number of benzene rings is 2. The lowest BCUT2D eigenvalue weighted by atomic mass is 9.96. The molecule has 2 aromatic carbocycles. The monoisotopic (exact) mass is 804 g/mol. The summed E-state index contributed by atoms with van der Waals surface area (Å²) in [6, 6.07) is 12.5. The molecule has 4 atom stereocenters. The Morgan fingerprint density at radius 3 is 2.44 bits per heavy atom. The number of aliphatic hydroxyl groups is 5. The Kier molecular flexibility index (Phi) is 14.9. The van der Waals surface area contributed by atoms with E-state index in [0.29, 0.717) is 23.4 Å². The van der Waals surface area contributed by atoms with E-state index in [2.05, 4.69) is 15.6 Å². The second-order valence-electron chi connectivity index (χ2n) is 14.7. The summed E-state index contributed by atoms with van der Waals surface area (Å²) in [5.74, 6) is 0.849. The Bertz CT molecular complexity index is 1840. The maximum Gasteiger partial charge on any atom is 0.315 e. The molecule has 2 aliphatic carbocycles. The van der Waals surface area contributed by atoms with E-state index in [1.807, 2.05) is 50.4 Å². The van der Waals surface area contributed by atoms with Crippen LogP contribution >= 0.6 is 11.6 Å². The Morgan fingerprint density at radius 1 is 1.02 bits per heavy atom. The van der Waals surface area contributed by atoms with Crippen LogP contribution in [0.2, 0.25) is 5.02 Å². The summed E-state index contributed by atoms with van der Waals surface area (Å²) in [6.07, 6.45) is 3.08. The number of urea groups is 1. The summed E-state index contributed by atoms with van der Waals surface area (Å²) < 4.78 is 42.3. The molecule has 2 amide bonds. The summed E-state index contributed by atoms with van der Waals surface area (Å²) in [5.41, 5.74) is 2.83. The maximum absolute atomic E-state index is 14.0. The minimum absolute atomic E-state index is 0.0264. The molecule has 0 spiro atoms. The number of aromatic nitrogens is 1. The van der Waals surface area contributed by atoms with Crippen LogP contribution < -0.4 is 15.4 Å². The first-order valence-electron chi connectivity index (χ1n) is 18.7. The number of unbranched alkanes of at least 4 members (excludes halogenated alkanes) is 1. The molecule has 7 N–H and O–H groups in total. The number of hydrogen-bond acceptors (Lipinski definition) is 11. The van der Waals surface area contributed by atoms with Crippen LogP contribution in [0.1, 0.15) is 63.5 Å². The number of aliphatic hydroxyl groups excluding tert-OH is 5. The van der Waals surface area contributed by atoms with E-state index < -0.39 is 59.2 Å². The van der Waals surface area contributed by atoms with Crippen molar-refractivity contribution in [3.05, 3.63) is 77.1 Å². The van der Waals surface area contributed by atoms with Crippen molar-refractivity contribution in [2.45, 2.75) is 99.9 Å². The Morgan fingerprint density at radius 2 is 1.76 bits per heavy atom. The van der Waals surface area contributed by atoms with E-state index in [-0.39, 0.29) is 43.2 Å². The topological polar surface area (TPSA) is 211 Å². The highest BCUT2D eigenvalue weighted by atomic mass is 35.5. The Labute approximate surface area is 327 Å². The van der Waals surface area contributed by atoms with Gasteiger partial charge in [0.05, 0.1) is 42.5 Å². The van der Waals surface area contributed by atoms with E-state index in [1.165, 1.54) is 10.4 Å². The molecule has 0 bridgehead atoms. The average molecular weight is 805 g/mol. The third-order valence-electron chi connectivity index (χ3n) is 9.72. The Balaban J connectivity index is 1.20. The van der Waals surface area contributed by atoms with Crippen molar-refractivity contribution in [2.24, 2.45) is 5.92 Å². The third-order valence-corrected chi connectivity index (χ3v) is 11.9. The van der Waals surface area contributed by atoms with Crippen LogP contribution in [-0.4, -0.2) is 113 Å². The molecule has 14 nitrogen and oxygen atoms in total. The van der Waals surface area contributed by atoms with Gasteiger partial charge < -0.3 is 45.6 Å². The van der Waals surface area contributed by atoms with Gasteiger partial charge >= 0.3 is 6.03 Å². The molecule has 0 aliphatic heterocycles. The van der Waals surface area contributed by atoms with Crippen LogP contribution in [-0.2, 0) is 27.0 Å². The van der Waals surface area contributed by atoms with Gasteiger partial charge in [-0.05, 0) is 85.9 Å². The highest BCUT2D eigenvalue weighted by Gasteiger charge is 2.48. The fraction of sp³-hybridized carbons (Fsp3) is 0.538. The predicted molar refractivity (Wildman–Crippen MR) is 206 cm³/mol. The van der Waals surface area contributed by atoms with Crippen molar-refractivity contribution in [2.75, 3.05) is 32.8 Å². The minimum Gasteiger partial charge on any atom is -0.490 e.